The molecule has 0 aliphatic carbocycles. The SMILES string of the molecule is CCOC(=O)N1CCC=CC1OCC(F)(F)F. The molecule has 0 fully saturated rings. The second kappa shape index (κ2) is 5.90. The molecule has 1 unspecified atom stereocenters. The third kappa shape index (κ3) is 4.64. The summed E-state index contributed by atoms with van der Waals surface area (Å²) < 4.78 is 45.4. The number of ether oxygens (including phenoxy) is 2. The Balaban J connectivity index is 2.56. The molecule has 0 saturated heterocycles. The molecule has 17 heavy (non-hydrogen) atoms. The van der Waals surface area contributed by atoms with E-state index in [0.717, 1.165) is 4.90 Å². The zero-order valence-corrected chi connectivity index (χ0v) is 9.37. The van der Waals surface area contributed by atoms with Crippen molar-refractivity contribution in [2.75, 3.05) is 19.8 Å². The Bertz CT molecular complexity index is 291. The van der Waals surface area contributed by atoms with Crippen molar-refractivity contribution in [3.8, 4) is 0 Å². The summed E-state index contributed by atoms with van der Waals surface area (Å²) in [6.07, 6.45) is -2.41. The Morgan fingerprint density at radius 3 is 2.82 bits per heavy atom. The molecule has 7 heteroatoms. The number of alkyl halides is 3. The molecule has 0 saturated carbocycles. The van der Waals surface area contributed by atoms with E-state index in [4.69, 9.17) is 4.74 Å². The van der Waals surface area contributed by atoms with Gasteiger partial charge in [-0.1, -0.05) is 6.08 Å². The van der Waals surface area contributed by atoms with Crippen molar-refractivity contribution < 1.29 is 27.4 Å². The number of hydrogen-bond acceptors (Lipinski definition) is 3. The van der Waals surface area contributed by atoms with E-state index in [1.807, 2.05) is 0 Å². The van der Waals surface area contributed by atoms with Gasteiger partial charge in [-0.15, -0.1) is 0 Å². The van der Waals surface area contributed by atoms with Gasteiger partial charge in [0, 0.05) is 6.54 Å². The summed E-state index contributed by atoms with van der Waals surface area (Å²) in [5.74, 6) is 0. The molecule has 1 aliphatic heterocycles. The van der Waals surface area contributed by atoms with Crippen LogP contribution in [-0.4, -0.2) is 43.2 Å². The molecule has 1 amide bonds. The summed E-state index contributed by atoms with van der Waals surface area (Å²) in [6, 6.07) is 0. The lowest BCUT2D eigenvalue weighted by atomic mass is 10.2. The van der Waals surface area contributed by atoms with Gasteiger partial charge < -0.3 is 9.47 Å². The molecular formula is C10H14F3NO3. The van der Waals surface area contributed by atoms with Crippen LogP contribution in [0.25, 0.3) is 0 Å². The van der Waals surface area contributed by atoms with Crippen molar-refractivity contribution >= 4 is 6.09 Å². The molecule has 0 bridgehead atoms. The molecule has 0 N–H and O–H groups in total. The highest BCUT2D eigenvalue weighted by molar-refractivity contribution is 5.68. The normalized spacial score (nSPS) is 20.5. The number of carbonyl (C=O) groups excluding carboxylic acids is 1. The molecule has 0 radical (unpaired) electrons. The summed E-state index contributed by atoms with van der Waals surface area (Å²) >= 11 is 0. The first-order valence-corrected chi connectivity index (χ1v) is 5.22. The second-order valence-corrected chi connectivity index (χ2v) is 3.43. The van der Waals surface area contributed by atoms with E-state index in [1.54, 1.807) is 13.0 Å². The molecule has 0 aromatic carbocycles. The number of hydrogen-bond donors (Lipinski definition) is 0. The fourth-order valence-corrected chi connectivity index (χ4v) is 1.38. The van der Waals surface area contributed by atoms with Gasteiger partial charge in [-0.05, 0) is 19.4 Å². The standard InChI is InChI=1S/C10H14F3NO3/c1-2-16-9(15)14-6-4-3-5-8(14)17-7-10(11,12)13/h3,5,8H,2,4,6-7H2,1H3. The number of rotatable bonds is 3. The van der Waals surface area contributed by atoms with Crippen LogP contribution in [0.1, 0.15) is 13.3 Å². The summed E-state index contributed by atoms with van der Waals surface area (Å²) in [5.41, 5.74) is 0. The van der Waals surface area contributed by atoms with Gasteiger partial charge in [0.2, 0.25) is 0 Å². The Kier molecular flexibility index (Phi) is 4.80. The third-order valence-electron chi connectivity index (χ3n) is 2.06. The Morgan fingerprint density at radius 1 is 1.53 bits per heavy atom. The molecule has 4 nitrogen and oxygen atoms in total. The summed E-state index contributed by atoms with van der Waals surface area (Å²) in [7, 11) is 0. The Morgan fingerprint density at radius 2 is 2.24 bits per heavy atom. The minimum absolute atomic E-state index is 0.172. The predicted octanol–water partition coefficient (Wildman–Crippen LogP) is 2.31. The van der Waals surface area contributed by atoms with E-state index in [0.29, 0.717) is 6.42 Å². The lowest BCUT2D eigenvalue weighted by Gasteiger charge is -2.31. The first-order chi connectivity index (χ1) is 7.94. The van der Waals surface area contributed by atoms with Crippen molar-refractivity contribution in [2.45, 2.75) is 25.7 Å². The van der Waals surface area contributed by atoms with Crippen molar-refractivity contribution in [1.82, 2.24) is 4.90 Å². The van der Waals surface area contributed by atoms with E-state index in [2.05, 4.69) is 4.74 Å². The van der Waals surface area contributed by atoms with Crippen LogP contribution in [0.4, 0.5) is 18.0 Å². The van der Waals surface area contributed by atoms with Crippen LogP contribution in [-0.2, 0) is 9.47 Å². The van der Waals surface area contributed by atoms with Crippen molar-refractivity contribution in [3.63, 3.8) is 0 Å². The Labute approximate surface area is 97.0 Å². The van der Waals surface area contributed by atoms with Crippen LogP contribution < -0.4 is 0 Å². The number of nitrogens with zero attached hydrogens (tertiary/aromatic N) is 1. The largest absolute Gasteiger partial charge is 0.450 e. The topological polar surface area (TPSA) is 38.8 Å². The minimum Gasteiger partial charge on any atom is -0.450 e. The third-order valence-corrected chi connectivity index (χ3v) is 2.06. The van der Waals surface area contributed by atoms with E-state index < -0.39 is 25.1 Å². The fourth-order valence-electron chi connectivity index (χ4n) is 1.38. The molecule has 98 valence electrons. The van der Waals surface area contributed by atoms with Crippen LogP contribution in [0.15, 0.2) is 12.2 Å². The lowest BCUT2D eigenvalue weighted by molar-refractivity contribution is -0.193. The highest BCUT2D eigenvalue weighted by atomic mass is 19.4. The van der Waals surface area contributed by atoms with Crippen molar-refractivity contribution in [2.24, 2.45) is 0 Å². The highest BCUT2D eigenvalue weighted by Gasteiger charge is 2.32. The molecule has 0 aromatic rings. The van der Waals surface area contributed by atoms with Gasteiger partial charge in [-0.25, -0.2) is 4.79 Å². The van der Waals surface area contributed by atoms with Crippen LogP contribution in [0.2, 0.25) is 0 Å². The first kappa shape index (κ1) is 13.8. The molecule has 1 aliphatic rings. The van der Waals surface area contributed by atoms with Crippen molar-refractivity contribution in [3.05, 3.63) is 12.2 Å². The first-order valence-electron chi connectivity index (χ1n) is 5.22. The van der Waals surface area contributed by atoms with Gasteiger partial charge in [0.15, 0.2) is 6.23 Å². The smallest absolute Gasteiger partial charge is 0.412 e. The predicted molar refractivity (Wildman–Crippen MR) is 53.3 cm³/mol. The monoisotopic (exact) mass is 253 g/mol. The number of halogens is 3. The molecule has 0 spiro atoms. The maximum atomic E-state index is 12.0. The van der Waals surface area contributed by atoms with E-state index in [-0.39, 0.29) is 13.2 Å². The minimum atomic E-state index is -4.41. The maximum absolute atomic E-state index is 12.0. The summed E-state index contributed by atoms with van der Waals surface area (Å²) in [5, 5.41) is 0. The summed E-state index contributed by atoms with van der Waals surface area (Å²) in [4.78, 5) is 12.6. The van der Waals surface area contributed by atoms with Crippen LogP contribution in [0, 0.1) is 0 Å². The summed E-state index contributed by atoms with van der Waals surface area (Å²) in [6.45, 7) is 0.698. The van der Waals surface area contributed by atoms with Gasteiger partial charge in [0.1, 0.15) is 6.61 Å². The van der Waals surface area contributed by atoms with Crippen LogP contribution in [0.5, 0.6) is 0 Å². The maximum Gasteiger partial charge on any atom is 0.412 e. The van der Waals surface area contributed by atoms with Crippen LogP contribution in [0.3, 0.4) is 0 Å². The molecule has 1 heterocycles. The second-order valence-electron chi connectivity index (χ2n) is 3.43. The molecular weight excluding hydrogens is 239 g/mol. The quantitative estimate of drug-likeness (QED) is 0.724. The molecule has 1 atom stereocenters. The number of amides is 1. The zero-order valence-electron chi connectivity index (χ0n) is 9.37. The van der Waals surface area contributed by atoms with Gasteiger partial charge >= 0.3 is 12.3 Å². The average Bonchev–Trinajstić information content (AvgIpc) is 2.26. The zero-order chi connectivity index (χ0) is 12.9. The van der Waals surface area contributed by atoms with Crippen LogP contribution >= 0.6 is 0 Å². The van der Waals surface area contributed by atoms with E-state index in [9.17, 15) is 18.0 Å². The molecule has 1 rings (SSSR count). The highest BCUT2D eigenvalue weighted by Crippen LogP contribution is 2.19. The van der Waals surface area contributed by atoms with E-state index >= 15 is 0 Å². The number of carbonyl (C=O) groups is 1. The molecule has 0 aromatic heterocycles. The lowest BCUT2D eigenvalue weighted by Crippen LogP contribution is -2.44. The van der Waals surface area contributed by atoms with E-state index in [1.165, 1.54) is 6.08 Å². The van der Waals surface area contributed by atoms with Gasteiger partial charge in [-0.2, -0.15) is 13.2 Å². The van der Waals surface area contributed by atoms with Gasteiger partial charge in [-0.3, -0.25) is 4.90 Å². The fraction of sp³-hybridized carbons (Fsp3) is 0.700. The van der Waals surface area contributed by atoms with Gasteiger partial charge in [0.25, 0.3) is 0 Å². The van der Waals surface area contributed by atoms with Gasteiger partial charge in [0.05, 0.1) is 6.61 Å². The average molecular weight is 253 g/mol. The Hall–Kier alpha value is -1.24. The van der Waals surface area contributed by atoms with Crippen molar-refractivity contribution in [1.29, 1.82) is 0 Å².